The van der Waals surface area contributed by atoms with Crippen LogP contribution < -0.4 is 9.64 Å². The summed E-state index contributed by atoms with van der Waals surface area (Å²) in [5.74, 6) is 1.93. The van der Waals surface area contributed by atoms with E-state index in [4.69, 9.17) is 14.5 Å². The zero-order chi connectivity index (χ0) is 17.4. The molecule has 134 valence electrons. The average molecular weight is 340 g/mol. The zero-order valence-corrected chi connectivity index (χ0v) is 15.5. The number of hydrogen-bond donors (Lipinski definition) is 0. The summed E-state index contributed by atoms with van der Waals surface area (Å²) < 4.78 is 11.4. The maximum Gasteiger partial charge on any atom is 0.145 e. The number of hydrogen-bond acceptors (Lipinski definition) is 4. The number of aromatic nitrogens is 1. The minimum Gasteiger partial charge on any atom is -0.494 e. The van der Waals surface area contributed by atoms with Crippen molar-refractivity contribution >= 4 is 16.7 Å². The van der Waals surface area contributed by atoms with Crippen LogP contribution in [0, 0.1) is 12.3 Å². The number of pyridine rings is 1. The van der Waals surface area contributed by atoms with Crippen LogP contribution in [0.3, 0.4) is 0 Å². The standard InChI is InChI=1S/C21H28N2O2/c1-15-13-19(22-20-16(15)7-4-8-17(20)24-2)23-12-6-11-21(14-23)10-5-9-18(21)25-3/h4,7-8,13,18H,5-6,9-12,14H2,1-3H3/t18-,21+/m1/s1. The van der Waals surface area contributed by atoms with E-state index in [1.165, 1.54) is 43.1 Å². The molecule has 2 atom stereocenters. The smallest absolute Gasteiger partial charge is 0.145 e. The predicted octanol–water partition coefficient (Wildman–Crippen LogP) is 4.34. The molecule has 2 aliphatic rings. The van der Waals surface area contributed by atoms with Gasteiger partial charge in [0.25, 0.3) is 0 Å². The predicted molar refractivity (Wildman–Crippen MR) is 102 cm³/mol. The summed E-state index contributed by atoms with van der Waals surface area (Å²) >= 11 is 0. The molecule has 25 heavy (non-hydrogen) atoms. The topological polar surface area (TPSA) is 34.6 Å². The number of benzene rings is 1. The van der Waals surface area contributed by atoms with Gasteiger partial charge in [0.1, 0.15) is 17.1 Å². The van der Waals surface area contributed by atoms with Crippen LogP contribution >= 0.6 is 0 Å². The number of para-hydroxylation sites is 1. The SMILES string of the molecule is COc1cccc2c(C)cc(N3CCC[C@@]4(CCC[C@H]4OC)C3)nc12. The molecule has 4 nitrogen and oxygen atoms in total. The molecule has 0 unspecified atom stereocenters. The number of aryl methyl sites for hydroxylation is 1. The molecule has 2 fully saturated rings. The van der Waals surface area contributed by atoms with E-state index < -0.39 is 0 Å². The molecule has 1 saturated carbocycles. The van der Waals surface area contributed by atoms with E-state index in [2.05, 4.69) is 24.0 Å². The van der Waals surface area contributed by atoms with Gasteiger partial charge in [-0.15, -0.1) is 0 Å². The van der Waals surface area contributed by atoms with Crippen LogP contribution in [0.25, 0.3) is 10.9 Å². The minimum atomic E-state index is 0.304. The van der Waals surface area contributed by atoms with E-state index in [-0.39, 0.29) is 0 Å². The summed E-state index contributed by atoms with van der Waals surface area (Å²) in [6.45, 7) is 4.30. The van der Waals surface area contributed by atoms with Crippen molar-refractivity contribution in [3.05, 3.63) is 29.8 Å². The molecular weight excluding hydrogens is 312 g/mol. The first-order valence-electron chi connectivity index (χ1n) is 9.39. The average Bonchev–Trinajstić information content (AvgIpc) is 3.02. The molecule has 0 N–H and O–H groups in total. The minimum absolute atomic E-state index is 0.304. The van der Waals surface area contributed by atoms with Gasteiger partial charge in [-0.2, -0.15) is 0 Å². The van der Waals surface area contributed by atoms with Gasteiger partial charge in [-0.25, -0.2) is 4.98 Å². The monoisotopic (exact) mass is 340 g/mol. The fourth-order valence-electron chi connectivity index (χ4n) is 5.00. The summed E-state index contributed by atoms with van der Waals surface area (Å²) in [5.41, 5.74) is 2.53. The number of anilines is 1. The number of methoxy groups -OCH3 is 2. The van der Waals surface area contributed by atoms with Gasteiger partial charge in [0.05, 0.1) is 13.2 Å². The molecule has 4 rings (SSSR count). The van der Waals surface area contributed by atoms with Crippen LogP contribution in [-0.2, 0) is 4.74 Å². The zero-order valence-electron chi connectivity index (χ0n) is 15.5. The first kappa shape index (κ1) is 16.6. The Morgan fingerprint density at radius 2 is 2.04 bits per heavy atom. The number of rotatable bonds is 3. The van der Waals surface area contributed by atoms with Gasteiger partial charge in [0.15, 0.2) is 0 Å². The molecule has 0 amide bonds. The Balaban J connectivity index is 1.72. The summed E-state index contributed by atoms with van der Waals surface area (Å²) in [4.78, 5) is 7.47. The van der Waals surface area contributed by atoms with Crippen LogP contribution in [-0.4, -0.2) is 38.4 Å². The second kappa shape index (κ2) is 6.49. The van der Waals surface area contributed by atoms with Gasteiger partial charge >= 0.3 is 0 Å². The Morgan fingerprint density at radius 3 is 2.84 bits per heavy atom. The third-order valence-corrected chi connectivity index (χ3v) is 6.26. The van der Waals surface area contributed by atoms with Crippen molar-refractivity contribution in [2.24, 2.45) is 5.41 Å². The van der Waals surface area contributed by atoms with E-state index in [1.807, 2.05) is 19.2 Å². The molecular formula is C21H28N2O2. The number of ether oxygens (including phenoxy) is 2. The number of fused-ring (bicyclic) bond motifs is 1. The van der Waals surface area contributed by atoms with Crippen LogP contribution in [0.5, 0.6) is 5.75 Å². The molecule has 0 bridgehead atoms. The molecule has 2 heterocycles. The second-order valence-electron chi connectivity index (χ2n) is 7.66. The van der Waals surface area contributed by atoms with E-state index >= 15 is 0 Å². The summed E-state index contributed by atoms with van der Waals surface area (Å²) in [5, 5.41) is 1.17. The van der Waals surface area contributed by atoms with Gasteiger partial charge in [0.2, 0.25) is 0 Å². The molecule has 1 spiro atoms. The third-order valence-electron chi connectivity index (χ3n) is 6.26. The third kappa shape index (κ3) is 2.77. The Hall–Kier alpha value is -1.81. The first-order valence-corrected chi connectivity index (χ1v) is 9.39. The van der Waals surface area contributed by atoms with Crippen molar-refractivity contribution < 1.29 is 9.47 Å². The van der Waals surface area contributed by atoms with E-state index in [1.54, 1.807) is 7.11 Å². The van der Waals surface area contributed by atoms with E-state index in [0.29, 0.717) is 11.5 Å². The second-order valence-corrected chi connectivity index (χ2v) is 7.66. The normalized spacial score (nSPS) is 26.5. The van der Waals surface area contributed by atoms with Crippen molar-refractivity contribution in [1.29, 1.82) is 0 Å². The van der Waals surface area contributed by atoms with Crippen LogP contribution in [0.1, 0.15) is 37.7 Å². The maximum absolute atomic E-state index is 5.85. The fraction of sp³-hybridized carbons (Fsp3) is 0.571. The summed E-state index contributed by atoms with van der Waals surface area (Å²) in [6, 6.07) is 8.39. The Morgan fingerprint density at radius 1 is 1.20 bits per heavy atom. The van der Waals surface area contributed by atoms with Gasteiger partial charge in [-0.1, -0.05) is 18.6 Å². The van der Waals surface area contributed by atoms with Gasteiger partial charge in [-0.05, 0) is 50.3 Å². The molecule has 1 aliphatic heterocycles. The van der Waals surface area contributed by atoms with Gasteiger partial charge in [-0.3, -0.25) is 0 Å². The number of nitrogens with zero attached hydrogens (tertiary/aromatic N) is 2. The molecule has 1 aliphatic carbocycles. The number of piperidine rings is 1. The molecule has 1 aromatic heterocycles. The fourth-order valence-corrected chi connectivity index (χ4v) is 5.00. The van der Waals surface area contributed by atoms with Crippen LogP contribution in [0.15, 0.2) is 24.3 Å². The van der Waals surface area contributed by atoms with E-state index in [9.17, 15) is 0 Å². The van der Waals surface area contributed by atoms with Gasteiger partial charge in [0, 0.05) is 31.0 Å². The molecule has 1 aromatic carbocycles. The molecule has 1 saturated heterocycles. The van der Waals surface area contributed by atoms with Crippen LogP contribution in [0.2, 0.25) is 0 Å². The van der Waals surface area contributed by atoms with Crippen molar-refractivity contribution in [2.75, 3.05) is 32.2 Å². The lowest BCUT2D eigenvalue weighted by Gasteiger charge is -2.44. The summed E-state index contributed by atoms with van der Waals surface area (Å²) in [6.07, 6.45) is 6.64. The van der Waals surface area contributed by atoms with Crippen molar-refractivity contribution in [3.63, 3.8) is 0 Å². The lowest BCUT2D eigenvalue weighted by molar-refractivity contribution is 0.00217. The maximum atomic E-state index is 5.85. The van der Waals surface area contributed by atoms with Crippen molar-refractivity contribution in [1.82, 2.24) is 4.98 Å². The summed E-state index contributed by atoms with van der Waals surface area (Å²) in [7, 11) is 3.59. The van der Waals surface area contributed by atoms with Crippen molar-refractivity contribution in [3.8, 4) is 5.75 Å². The highest BCUT2D eigenvalue weighted by Gasteiger charge is 2.46. The highest BCUT2D eigenvalue weighted by Crippen LogP contribution is 2.47. The lowest BCUT2D eigenvalue weighted by Crippen LogP contribution is -2.48. The largest absolute Gasteiger partial charge is 0.494 e. The highest BCUT2D eigenvalue weighted by molar-refractivity contribution is 5.88. The van der Waals surface area contributed by atoms with Gasteiger partial charge < -0.3 is 14.4 Å². The Labute approximate surface area is 150 Å². The Kier molecular flexibility index (Phi) is 4.32. The quantitative estimate of drug-likeness (QED) is 0.832. The Bertz CT molecular complexity index is 776. The molecule has 0 radical (unpaired) electrons. The first-order chi connectivity index (χ1) is 12.2. The highest BCUT2D eigenvalue weighted by atomic mass is 16.5. The van der Waals surface area contributed by atoms with Crippen molar-refractivity contribution in [2.45, 2.75) is 45.1 Å². The van der Waals surface area contributed by atoms with Crippen LogP contribution in [0.4, 0.5) is 5.82 Å². The molecule has 4 heteroatoms. The molecule has 2 aromatic rings. The van der Waals surface area contributed by atoms with E-state index in [0.717, 1.165) is 30.2 Å². The lowest BCUT2D eigenvalue weighted by atomic mass is 9.76.